The molecule has 200 valence electrons. The van der Waals surface area contributed by atoms with Gasteiger partial charge in [0.2, 0.25) is 10.0 Å². The van der Waals surface area contributed by atoms with Gasteiger partial charge >= 0.3 is 0 Å². The molecule has 1 aliphatic rings. The molecule has 4 rings (SSSR count). The van der Waals surface area contributed by atoms with E-state index in [-0.39, 0.29) is 35.6 Å². The average molecular weight is 568 g/mol. The first kappa shape index (κ1) is 30.7. The minimum absolute atomic E-state index is 0. The van der Waals surface area contributed by atoms with E-state index in [0.29, 0.717) is 47.8 Å². The highest BCUT2D eigenvalue weighted by Crippen LogP contribution is 2.31. The molecule has 8 nitrogen and oxygen atoms in total. The highest BCUT2D eigenvalue weighted by molar-refractivity contribution is 7.89. The molecule has 1 fully saturated rings. The third-order valence-corrected chi connectivity index (χ3v) is 7.45. The van der Waals surface area contributed by atoms with Gasteiger partial charge in [0.1, 0.15) is 0 Å². The normalized spacial score (nSPS) is 13.8. The molecule has 2 heterocycles. The third kappa shape index (κ3) is 7.50. The Morgan fingerprint density at radius 1 is 1.00 bits per heavy atom. The van der Waals surface area contributed by atoms with Crippen molar-refractivity contribution < 1.29 is 17.9 Å². The van der Waals surface area contributed by atoms with E-state index in [4.69, 9.17) is 9.72 Å². The lowest BCUT2D eigenvalue weighted by Crippen LogP contribution is -2.41. The maximum Gasteiger partial charge on any atom is 0.253 e. The summed E-state index contributed by atoms with van der Waals surface area (Å²) >= 11 is 0. The first-order chi connectivity index (χ1) is 16.9. The van der Waals surface area contributed by atoms with E-state index in [1.165, 1.54) is 13.1 Å². The van der Waals surface area contributed by atoms with Gasteiger partial charge in [-0.25, -0.2) is 13.1 Å². The van der Waals surface area contributed by atoms with Gasteiger partial charge in [0.05, 0.1) is 35.1 Å². The smallest absolute Gasteiger partial charge is 0.253 e. The Morgan fingerprint density at radius 3 is 2.35 bits per heavy atom. The van der Waals surface area contributed by atoms with Crippen LogP contribution in [0.25, 0.3) is 22.4 Å². The van der Waals surface area contributed by atoms with Gasteiger partial charge in [-0.15, -0.1) is 24.8 Å². The van der Waals surface area contributed by atoms with Crippen LogP contribution in [0.3, 0.4) is 0 Å². The Morgan fingerprint density at radius 2 is 1.68 bits per heavy atom. The Balaban J connectivity index is 0.00000241. The number of benzene rings is 2. The Kier molecular flexibility index (Phi) is 11.5. The van der Waals surface area contributed by atoms with Gasteiger partial charge in [0.15, 0.2) is 0 Å². The lowest BCUT2D eigenvalue weighted by Gasteiger charge is -2.26. The summed E-state index contributed by atoms with van der Waals surface area (Å²) in [7, 11) is -2.27. The summed E-state index contributed by atoms with van der Waals surface area (Å²) in [5, 5.41) is 3.02. The summed E-state index contributed by atoms with van der Waals surface area (Å²) in [4.78, 5) is 20.5. The number of sulfonamides is 1. The van der Waals surface area contributed by atoms with Gasteiger partial charge in [-0.3, -0.25) is 14.7 Å². The molecule has 2 N–H and O–H groups in total. The highest BCUT2D eigenvalue weighted by atomic mass is 35.5. The van der Waals surface area contributed by atoms with Crippen LogP contribution in [0.15, 0.2) is 65.6 Å². The van der Waals surface area contributed by atoms with Gasteiger partial charge in [0.25, 0.3) is 5.91 Å². The van der Waals surface area contributed by atoms with E-state index in [1.807, 2.05) is 42.5 Å². The number of halogens is 2. The van der Waals surface area contributed by atoms with E-state index in [2.05, 4.69) is 14.9 Å². The number of ether oxygens (including phenoxy) is 1. The van der Waals surface area contributed by atoms with Crippen LogP contribution in [0, 0.1) is 6.92 Å². The summed E-state index contributed by atoms with van der Waals surface area (Å²) in [5.74, 6) is -0.236. The number of aromatic nitrogens is 1. The zero-order valence-electron chi connectivity index (χ0n) is 20.8. The van der Waals surface area contributed by atoms with E-state index in [9.17, 15) is 13.2 Å². The summed E-state index contributed by atoms with van der Waals surface area (Å²) in [5.41, 5.74) is 3.90. The second kappa shape index (κ2) is 13.9. The van der Waals surface area contributed by atoms with Crippen molar-refractivity contribution in [3.63, 3.8) is 0 Å². The zero-order chi connectivity index (χ0) is 24.8. The highest BCUT2D eigenvalue weighted by Gasteiger charge is 2.21. The lowest BCUT2D eigenvalue weighted by molar-refractivity contribution is 0.0383. The van der Waals surface area contributed by atoms with E-state index >= 15 is 0 Å². The molecule has 1 aromatic heterocycles. The third-order valence-electron chi connectivity index (χ3n) is 6.04. The molecule has 3 aromatic rings. The quantitative estimate of drug-likeness (QED) is 0.432. The molecule has 1 aliphatic heterocycles. The molecule has 2 aromatic carbocycles. The SMILES string of the molecule is CNS(=O)(=O)c1cccc(-c2cc(-c3ccccc3)nc(C)c2C(=O)NCCN2CCOCC2)c1.Cl.Cl. The molecule has 0 radical (unpaired) electrons. The number of nitrogens with zero attached hydrogens (tertiary/aromatic N) is 2. The average Bonchev–Trinajstić information content (AvgIpc) is 2.89. The van der Waals surface area contributed by atoms with Gasteiger partial charge < -0.3 is 10.1 Å². The van der Waals surface area contributed by atoms with Crippen LogP contribution in [0.5, 0.6) is 0 Å². The number of hydrogen-bond acceptors (Lipinski definition) is 6. The van der Waals surface area contributed by atoms with Crippen LogP contribution in [0.4, 0.5) is 0 Å². The van der Waals surface area contributed by atoms with Crippen LogP contribution in [-0.2, 0) is 14.8 Å². The van der Waals surface area contributed by atoms with Crippen molar-refractivity contribution in [3.8, 4) is 22.4 Å². The molecule has 1 saturated heterocycles. The molecule has 0 unspecified atom stereocenters. The molecule has 0 saturated carbocycles. The van der Waals surface area contributed by atoms with Crippen LogP contribution in [0.2, 0.25) is 0 Å². The summed E-state index contributed by atoms with van der Waals surface area (Å²) in [6, 6.07) is 18.1. The van der Waals surface area contributed by atoms with Gasteiger partial charge in [-0.2, -0.15) is 0 Å². The van der Waals surface area contributed by atoms with Gasteiger partial charge in [0, 0.05) is 31.7 Å². The number of carbonyl (C=O) groups is 1. The van der Waals surface area contributed by atoms with Crippen molar-refractivity contribution in [2.75, 3.05) is 46.4 Å². The molecule has 1 amide bonds. The molecular weight excluding hydrogens is 535 g/mol. The maximum absolute atomic E-state index is 13.4. The largest absolute Gasteiger partial charge is 0.379 e. The zero-order valence-corrected chi connectivity index (χ0v) is 23.2. The fraction of sp³-hybridized carbons (Fsp3) is 0.308. The molecule has 0 spiro atoms. The monoisotopic (exact) mass is 566 g/mol. The van der Waals surface area contributed by atoms with Crippen molar-refractivity contribution in [2.45, 2.75) is 11.8 Å². The Labute approximate surface area is 230 Å². The first-order valence-corrected chi connectivity index (χ1v) is 13.1. The first-order valence-electron chi connectivity index (χ1n) is 11.6. The van der Waals surface area contributed by atoms with Crippen molar-refractivity contribution in [3.05, 3.63) is 71.9 Å². The maximum atomic E-state index is 13.4. The number of nitrogens with one attached hydrogen (secondary N) is 2. The molecule has 37 heavy (non-hydrogen) atoms. The van der Waals surface area contributed by atoms with Crippen molar-refractivity contribution in [1.29, 1.82) is 0 Å². The molecular formula is C26H32Cl2N4O4S. The lowest BCUT2D eigenvalue weighted by atomic mass is 9.96. The van der Waals surface area contributed by atoms with Crippen LogP contribution in [0.1, 0.15) is 16.1 Å². The molecule has 0 aliphatic carbocycles. The molecule has 0 atom stereocenters. The summed E-state index contributed by atoms with van der Waals surface area (Å²) in [6.45, 7) is 6.13. The molecule has 11 heteroatoms. The van der Waals surface area contributed by atoms with Crippen molar-refractivity contribution >= 4 is 40.7 Å². The van der Waals surface area contributed by atoms with E-state index in [0.717, 1.165) is 25.2 Å². The van der Waals surface area contributed by atoms with Gasteiger partial charge in [-0.05, 0) is 43.3 Å². The van der Waals surface area contributed by atoms with Crippen molar-refractivity contribution in [2.24, 2.45) is 0 Å². The number of morpholine rings is 1. The van der Waals surface area contributed by atoms with Crippen LogP contribution >= 0.6 is 24.8 Å². The Hall–Kier alpha value is -2.53. The minimum Gasteiger partial charge on any atom is -0.379 e. The number of carbonyl (C=O) groups excluding carboxylic acids is 1. The minimum atomic E-state index is -3.64. The topological polar surface area (TPSA) is 101 Å². The van der Waals surface area contributed by atoms with Crippen LogP contribution in [-0.4, -0.2) is 70.6 Å². The summed E-state index contributed by atoms with van der Waals surface area (Å²) < 4.78 is 32.6. The van der Waals surface area contributed by atoms with Crippen molar-refractivity contribution in [1.82, 2.24) is 19.9 Å². The van der Waals surface area contributed by atoms with E-state index in [1.54, 1.807) is 19.1 Å². The summed E-state index contributed by atoms with van der Waals surface area (Å²) in [6.07, 6.45) is 0. The molecule has 0 bridgehead atoms. The standard InChI is InChI=1S/C26H30N4O4S.2ClH/c1-19-25(26(31)28-11-12-30-13-15-34-16-14-30)23(18-24(29-19)20-7-4-3-5-8-20)21-9-6-10-22(17-21)35(32,33)27-2;;/h3-10,17-18,27H,11-16H2,1-2H3,(H,28,31);2*1H. The number of aryl methyl sites for hydroxylation is 1. The second-order valence-corrected chi connectivity index (χ2v) is 10.2. The number of amides is 1. The second-order valence-electron chi connectivity index (χ2n) is 8.33. The fourth-order valence-corrected chi connectivity index (χ4v) is 4.91. The number of hydrogen-bond donors (Lipinski definition) is 2. The fourth-order valence-electron chi connectivity index (χ4n) is 4.13. The Bertz CT molecular complexity index is 1300. The number of pyridine rings is 1. The van der Waals surface area contributed by atoms with Crippen LogP contribution < -0.4 is 10.0 Å². The van der Waals surface area contributed by atoms with E-state index < -0.39 is 10.0 Å². The van der Waals surface area contributed by atoms with Gasteiger partial charge in [-0.1, -0.05) is 42.5 Å². The number of rotatable bonds is 8. The predicted octanol–water partition coefficient (Wildman–Crippen LogP) is 3.54. The predicted molar refractivity (Wildman–Crippen MR) is 150 cm³/mol.